The number of aromatic carboxylic acids is 1. The van der Waals surface area contributed by atoms with Crippen LogP contribution in [-0.4, -0.2) is 44.6 Å². The zero-order valence-corrected chi connectivity index (χ0v) is 60.6. The summed E-state index contributed by atoms with van der Waals surface area (Å²) in [7, 11) is 1.76. The first-order valence-corrected chi connectivity index (χ1v) is 33.1. The van der Waals surface area contributed by atoms with Crippen molar-refractivity contribution in [1.29, 1.82) is 10.5 Å². The summed E-state index contributed by atoms with van der Waals surface area (Å²) >= 11 is 42.0. The Morgan fingerprint density at radius 3 is 1.41 bits per heavy atom. The molecule has 9 rings (SSSR count). The molecule has 88 heavy (non-hydrogen) atoms. The maximum Gasteiger partial charge on any atom is 0.339 e. The summed E-state index contributed by atoms with van der Waals surface area (Å²) in [5, 5.41) is 29.5. The van der Waals surface area contributed by atoms with Crippen molar-refractivity contribution < 1.29 is 33.9 Å². The Kier molecular flexibility index (Phi) is 30.5. The predicted molar refractivity (Wildman–Crippen MR) is 390 cm³/mol. The number of hydrogen-bond donors (Lipinski definition) is 1. The van der Waals surface area contributed by atoms with Gasteiger partial charge in [-0.2, -0.15) is 10.5 Å². The van der Waals surface area contributed by atoms with E-state index in [2.05, 4.69) is 106 Å². The number of carbonyl (C=O) groups is 6. The van der Waals surface area contributed by atoms with Crippen molar-refractivity contribution in [3.8, 4) is 34.5 Å². The molecule has 0 saturated heterocycles. The van der Waals surface area contributed by atoms with E-state index < -0.39 is 17.8 Å². The molecule has 3 unspecified atom stereocenters. The zero-order valence-electron chi connectivity index (χ0n) is 46.6. The number of ketones is 5. The van der Waals surface area contributed by atoms with Crippen molar-refractivity contribution in [2.75, 3.05) is 0 Å². The van der Waals surface area contributed by atoms with Crippen molar-refractivity contribution in [2.24, 2.45) is 13.0 Å². The molecule has 0 spiro atoms. The second kappa shape index (κ2) is 36.5. The molecule has 448 valence electrons. The molecule has 0 aliphatic carbocycles. The van der Waals surface area contributed by atoms with Crippen LogP contribution in [0.1, 0.15) is 89.1 Å². The van der Waals surface area contributed by atoms with Gasteiger partial charge in [-0.15, -0.1) is 0 Å². The van der Waals surface area contributed by atoms with E-state index in [0.717, 1.165) is 42.2 Å². The molecule has 1 N–H and O–H groups in total. The van der Waals surface area contributed by atoms with Crippen LogP contribution in [0.3, 0.4) is 0 Å². The minimum Gasteiger partial charge on any atom is -0.478 e. The summed E-state index contributed by atoms with van der Waals surface area (Å²) in [6.07, 6.45) is 0.471. The standard InChI is InChI=1S/C18H12Cl2INO2.C18H13ClINO2.C14H9BrClIO.C14H10ClIO.C4H5NO/c1-22-16(10-5-7-12(19)8-6-10)14(15(17(22)20)18(23)24)11-3-2-4-13(21)9-11;1-11(22)16(10-21)17(13-3-2-4-15(20)9-13)18(23)12-5-7-14(19)8-6-12;15-13(10-2-1-3-12(17)8-10)14(18)9-4-6-11(16)7-5-9;15-12-6-4-11(5-7-12)14(17)9-10-2-1-3-13(16)8-10;1-4(6)2-3-5/h2-9H,1H3,(H,23,24);2-9,16-17H,1H3;1-8,13H;1-8H,9H2;2H2,1H3. The van der Waals surface area contributed by atoms with Gasteiger partial charge in [-0.05, 0) is 265 Å². The summed E-state index contributed by atoms with van der Waals surface area (Å²) in [6, 6.07) is 62.2. The van der Waals surface area contributed by atoms with Crippen molar-refractivity contribution in [3.05, 3.63) is 273 Å². The number of Topliss-reactive ketones (excluding diaryl/α,β-unsaturated/α-hetero) is 5. The highest BCUT2D eigenvalue weighted by Crippen LogP contribution is 2.42. The van der Waals surface area contributed by atoms with Gasteiger partial charge in [-0.25, -0.2) is 4.79 Å². The molecule has 20 heteroatoms. The lowest BCUT2D eigenvalue weighted by Gasteiger charge is -2.20. The lowest BCUT2D eigenvalue weighted by molar-refractivity contribution is -0.119. The van der Waals surface area contributed by atoms with Gasteiger partial charge in [0.1, 0.15) is 33.0 Å². The van der Waals surface area contributed by atoms with Crippen LogP contribution in [0.4, 0.5) is 0 Å². The van der Waals surface area contributed by atoms with Crippen molar-refractivity contribution in [1.82, 2.24) is 4.57 Å². The molecule has 3 atom stereocenters. The van der Waals surface area contributed by atoms with Crippen molar-refractivity contribution >= 4 is 199 Å². The van der Waals surface area contributed by atoms with Crippen LogP contribution in [0.25, 0.3) is 22.4 Å². The minimum atomic E-state index is -1.05. The highest BCUT2D eigenvalue weighted by atomic mass is 127. The molecule has 0 bridgehead atoms. The number of carboxylic acids is 1. The third kappa shape index (κ3) is 22.3. The largest absolute Gasteiger partial charge is 0.478 e. The van der Waals surface area contributed by atoms with E-state index in [1.807, 2.05) is 109 Å². The van der Waals surface area contributed by atoms with E-state index in [4.69, 9.17) is 63.3 Å². The lowest BCUT2D eigenvalue weighted by Crippen LogP contribution is -2.26. The van der Waals surface area contributed by atoms with Crippen LogP contribution in [0, 0.1) is 42.9 Å². The van der Waals surface area contributed by atoms with Crippen LogP contribution in [0.15, 0.2) is 194 Å². The Balaban J connectivity index is 0.000000209. The predicted octanol–water partition coefficient (Wildman–Crippen LogP) is 20.7. The Labute approximate surface area is 598 Å². The van der Waals surface area contributed by atoms with Gasteiger partial charge in [0.25, 0.3) is 0 Å². The van der Waals surface area contributed by atoms with Crippen LogP contribution in [0.2, 0.25) is 25.2 Å². The van der Waals surface area contributed by atoms with Crippen LogP contribution < -0.4 is 0 Å². The monoisotopic (exact) mass is 1780 g/mol. The number of carbonyl (C=O) groups excluding carboxylic acids is 5. The van der Waals surface area contributed by atoms with Crippen LogP contribution >= 0.6 is 164 Å². The molecule has 1 heterocycles. The molecule has 0 saturated carbocycles. The van der Waals surface area contributed by atoms with Gasteiger partial charge < -0.3 is 9.67 Å². The van der Waals surface area contributed by atoms with Gasteiger partial charge in [0.05, 0.1) is 30.2 Å². The zero-order chi connectivity index (χ0) is 64.8. The number of alkyl halides is 1. The van der Waals surface area contributed by atoms with Gasteiger partial charge >= 0.3 is 5.97 Å². The quantitative estimate of drug-likeness (QED) is 0.0595. The van der Waals surface area contributed by atoms with E-state index in [-0.39, 0.29) is 50.9 Å². The Hall–Kier alpha value is -5.31. The summed E-state index contributed by atoms with van der Waals surface area (Å²) in [6.45, 7) is 2.73. The summed E-state index contributed by atoms with van der Waals surface area (Å²) < 4.78 is 5.91. The first-order valence-electron chi connectivity index (χ1n) is 26.0. The summed E-state index contributed by atoms with van der Waals surface area (Å²) in [5.41, 5.74) is 7.57. The van der Waals surface area contributed by atoms with Gasteiger partial charge in [0, 0.05) is 70.1 Å². The number of rotatable bonds is 15. The van der Waals surface area contributed by atoms with E-state index in [0.29, 0.717) is 54.3 Å². The normalized spacial score (nSPS) is 11.3. The van der Waals surface area contributed by atoms with E-state index in [1.165, 1.54) is 13.8 Å². The fourth-order valence-corrected chi connectivity index (χ4v) is 12.0. The topological polar surface area (TPSA) is 175 Å². The molecule has 10 nitrogen and oxygen atoms in total. The molecule has 1 aromatic heterocycles. The number of nitriles is 2. The van der Waals surface area contributed by atoms with Gasteiger partial charge in [0.2, 0.25) is 0 Å². The maximum absolute atomic E-state index is 12.9. The number of carboxylic acid groups (broad SMARTS) is 1. The molecule has 0 amide bonds. The van der Waals surface area contributed by atoms with Crippen LogP contribution in [-0.2, 0) is 23.1 Å². The Bertz CT molecular complexity index is 4040. The van der Waals surface area contributed by atoms with Crippen molar-refractivity contribution in [3.63, 3.8) is 0 Å². The first-order chi connectivity index (χ1) is 41.8. The molecule has 0 fully saturated rings. The molecule has 0 aliphatic heterocycles. The average molecular weight is 1780 g/mol. The van der Waals surface area contributed by atoms with E-state index in [9.17, 15) is 39.1 Å². The second-order valence-electron chi connectivity index (χ2n) is 19.0. The first kappa shape index (κ1) is 73.4. The number of aromatic nitrogens is 1. The molecule has 0 aliphatic rings. The summed E-state index contributed by atoms with van der Waals surface area (Å²) in [4.78, 5) is 70.4. The average Bonchev–Trinajstić information content (AvgIpc) is 1.67. The smallest absolute Gasteiger partial charge is 0.339 e. The Morgan fingerprint density at radius 2 is 0.977 bits per heavy atom. The lowest BCUT2D eigenvalue weighted by atomic mass is 9.79. The molecule has 0 radical (unpaired) electrons. The number of benzene rings is 8. The minimum absolute atomic E-state index is 0.0358. The SMILES string of the molecule is CC(=O)C(C#N)C(C(=O)c1ccc(Cl)cc1)c1cccc(I)c1.CC(=O)CC#N.Cn1c(Cl)c(C(=O)O)c(-c2cccc(I)c2)c1-c1ccc(Cl)cc1.O=C(Cc1cccc(I)c1)c1ccc(Cl)cc1.O=C(c1ccc(Cl)cc1)C(Br)c1cccc(I)c1. The van der Waals surface area contributed by atoms with E-state index >= 15 is 0 Å². The Morgan fingerprint density at radius 1 is 0.545 bits per heavy atom. The van der Waals surface area contributed by atoms with Crippen LogP contribution in [0.5, 0.6) is 0 Å². The number of nitrogens with zero attached hydrogens (tertiary/aromatic N) is 3. The fourth-order valence-electron chi connectivity index (χ4n) is 8.37. The fraction of sp³-hybridized carbons (Fsp3) is 0.118. The maximum atomic E-state index is 12.9. The molecule has 9 aromatic rings. The van der Waals surface area contributed by atoms with Gasteiger partial charge in [0.15, 0.2) is 17.3 Å². The molecule has 8 aromatic carbocycles. The van der Waals surface area contributed by atoms with E-state index in [1.54, 1.807) is 109 Å². The second-order valence-corrected chi connectivity index (χ2v) is 27.0. The highest BCUT2D eigenvalue weighted by Gasteiger charge is 2.34. The van der Waals surface area contributed by atoms with Gasteiger partial charge in [-0.1, -0.05) is 135 Å². The van der Waals surface area contributed by atoms with Crippen molar-refractivity contribution in [2.45, 2.75) is 37.4 Å². The summed E-state index contributed by atoms with van der Waals surface area (Å²) in [5.74, 6) is -3.40. The molecular weight excluding hydrogens is 1740 g/mol. The number of halogens is 10. The highest BCUT2D eigenvalue weighted by molar-refractivity contribution is 14.1. The molecular formula is C68H49BrCl5I4N3O7. The third-order valence-corrected chi connectivity index (χ3v) is 17.6. The number of hydrogen-bond acceptors (Lipinski definition) is 8. The van der Waals surface area contributed by atoms with Gasteiger partial charge in [-0.3, -0.25) is 24.0 Å². The third-order valence-electron chi connectivity index (χ3n) is 12.5.